The second-order valence-electron chi connectivity index (χ2n) is 11.8. The molecule has 222 valence electrons. The Morgan fingerprint density at radius 1 is 0.659 bits per heavy atom. The Labute approximate surface area is 245 Å². The van der Waals surface area contributed by atoms with Gasteiger partial charge in [-0.15, -0.1) is 0 Å². The lowest BCUT2D eigenvalue weighted by atomic mass is 9.90. The van der Waals surface area contributed by atoms with Gasteiger partial charge in [0.15, 0.2) is 11.6 Å². The first-order valence-electron chi connectivity index (χ1n) is 16.0. The van der Waals surface area contributed by atoms with Crippen LogP contribution in [0.3, 0.4) is 0 Å². The van der Waals surface area contributed by atoms with E-state index in [1.807, 2.05) is 6.07 Å². The molecular weight excluding hydrogens is 517 g/mol. The Balaban J connectivity index is 1.34. The van der Waals surface area contributed by atoms with Crippen LogP contribution in [0.2, 0.25) is 0 Å². The SMILES string of the molecule is CCCCCCCc1ccc(-c2ccc(-c3ccc(C4CCC(CCCCCCC)CO4)cc3F)cc2)c(F)c1F. The quantitative estimate of drug-likeness (QED) is 0.167. The van der Waals surface area contributed by atoms with Crippen molar-refractivity contribution in [3.8, 4) is 22.3 Å². The summed E-state index contributed by atoms with van der Waals surface area (Å²) < 4.78 is 51.1. The van der Waals surface area contributed by atoms with Gasteiger partial charge in [0.1, 0.15) is 5.82 Å². The Morgan fingerprint density at radius 2 is 1.29 bits per heavy atom. The molecule has 0 bridgehead atoms. The molecule has 2 atom stereocenters. The van der Waals surface area contributed by atoms with E-state index in [4.69, 9.17) is 4.74 Å². The number of hydrogen-bond acceptors (Lipinski definition) is 1. The second-order valence-corrected chi connectivity index (χ2v) is 11.8. The number of rotatable bonds is 15. The number of benzene rings is 3. The summed E-state index contributed by atoms with van der Waals surface area (Å²) in [5.74, 6) is -1.25. The topological polar surface area (TPSA) is 9.23 Å². The third-order valence-corrected chi connectivity index (χ3v) is 8.67. The zero-order valence-corrected chi connectivity index (χ0v) is 25.0. The lowest BCUT2D eigenvalue weighted by Gasteiger charge is -2.29. The van der Waals surface area contributed by atoms with Crippen molar-refractivity contribution in [3.05, 3.63) is 83.2 Å². The molecule has 0 amide bonds. The molecule has 0 aromatic heterocycles. The van der Waals surface area contributed by atoms with Crippen LogP contribution < -0.4 is 0 Å². The van der Waals surface area contributed by atoms with Gasteiger partial charge in [-0.3, -0.25) is 0 Å². The molecule has 4 heteroatoms. The van der Waals surface area contributed by atoms with E-state index in [2.05, 4.69) is 13.8 Å². The zero-order valence-electron chi connectivity index (χ0n) is 25.0. The van der Waals surface area contributed by atoms with E-state index in [1.165, 1.54) is 44.9 Å². The van der Waals surface area contributed by atoms with Crippen LogP contribution in [0.1, 0.15) is 115 Å². The van der Waals surface area contributed by atoms with Gasteiger partial charge in [-0.1, -0.05) is 120 Å². The van der Waals surface area contributed by atoms with E-state index in [1.54, 1.807) is 48.5 Å². The normalized spacial score (nSPS) is 17.2. The lowest BCUT2D eigenvalue weighted by molar-refractivity contribution is -0.0200. The second kappa shape index (κ2) is 16.2. The Morgan fingerprint density at radius 3 is 1.93 bits per heavy atom. The maximum atomic E-state index is 15.2. The van der Waals surface area contributed by atoms with E-state index >= 15 is 4.39 Å². The average Bonchev–Trinajstić information content (AvgIpc) is 2.99. The summed E-state index contributed by atoms with van der Waals surface area (Å²) in [5, 5.41) is 0. The molecule has 0 radical (unpaired) electrons. The molecule has 3 aromatic carbocycles. The summed E-state index contributed by atoms with van der Waals surface area (Å²) in [6.07, 6.45) is 15.6. The van der Waals surface area contributed by atoms with Gasteiger partial charge >= 0.3 is 0 Å². The summed E-state index contributed by atoms with van der Waals surface area (Å²) in [7, 11) is 0. The van der Waals surface area contributed by atoms with Gasteiger partial charge in [0.25, 0.3) is 0 Å². The highest BCUT2D eigenvalue weighted by atomic mass is 19.2. The zero-order chi connectivity index (χ0) is 29.0. The fourth-order valence-corrected chi connectivity index (χ4v) is 6.05. The van der Waals surface area contributed by atoms with Crippen LogP contribution in [0.25, 0.3) is 22.3 Å². The summed E-state index contributed by atoms with van der Waals surface area (Å²) in [5.41, 5.74) is 3.32. The molecule has 4 rings (SSSR count). The van der Waals surface area contributed by atoms with Gasteiger partial charge in [-0.25, -0.2) is 13.2 Å². The Kier molecular flexibility index (Phi) is 12.4. The van der Waals surface area contributed by atoms with Crippen molar-refractivity contribution in [3.63, 3.8) is 0 Å². The fourth-order valence-electron chi connectivity index (χ4n) is 6.05. The summed E-state index contributed by atoms with van der Waals surface area (Å²) in [4.78, 5) is 0. The fraction of sp³-hybridized carbons (Fsp3) is 0.514. The molecular formula is C37H47F3O. The number of ether oxygens (including phenoxy) is 1. The van der Waals surface area contributed by atoms with Crippen molar-refractivity contribution in [1.29, 1.82) is 0 Å². The number of halogens is 3. The first-order chi connectivity index (χ1) is 20.0. The maximum absolute atomic E-state index is 15.2. The van der Waals surface area contributed by atoms with E-state index in [0.29, 0.717) is 34.6 Å². The molecule has 0 saturated carbocycles. The molecule has 1 fully saturated rings. The molecule has 1 saturated heterocycles. The maximum Gasteiger partial charge on any atom is 0.166 e. The molecule has 1 nitrogen and oxygen atoms in total. The molecule has 3 aromatic rings. The molecule has 1 heterocycles. The van der Waals surface area contributed by atoms with Gasteiger partial charge in [0.2, 0.25) is 0 Å². The third kappa shape index (κ3) is 8.70. The summed E-state index contributed by atoms with van der Waals surface area (Å²) in [6.45, 7) is 5.15. The van der Waals surface area contributed by atoms with Crippen molar-refractivity contribution in [2.24, 2.45) is 5.92 Å². The summed E-state index contributed by atoms with van der Waals surface area (Å²) >= 11 is 0. The van der Waals surface area contributed by atoms with Crippen molar-refractivity contribution in [2.45, 2.75) is 110 Å². The molecule has 41 heavy (non-hydrogen) atoms. The van der Waals surface area contributed by atoms with Gasteiger partial charge in [-0.2, -0.15) is 0 Å². The van der Waals surface area contributed by atoms with Gasteiger partial charge in [-0.05, 0) is 66.3 Å². The average molecular weight is 565 g/mol. The van der Waals surface area contributed by atoms with Crippen molar-refractivity contribution >= 4 is 0 Å². The van der Waals surface area contributed by atoms with Crippen LogP contribution in [0, 0.1) is 23.4 Å². The lowest BCUT2D eigenvalue weighted by Crippen LogP contribution is -2.20. The minimum atomic E-state index is -0.814. The molecule has 1 aliphatic rings. The first-order valence-corrected chi connectivity index (χ1v) is 16.0. The highest BCUT2D eigenvalue weighted by molar-refractivity contribution is 5.71. The predicted molar refractivity (Wildman–Crippen MR) is 164 cm³/mol. The van der Waals surface area contributed by atoms with Crippen LogP contribution in [0.5, 0.6) is 0 Å². The van der Waals surface area contributed by atoms with Crippen LogP contribution >= 0.6 is 0 Å². The Bertz CT molecular complexity index is 1210. The van der Waals surface area contributed by atoms with Crippen LogP contribution in [0.4, 0.5) is 13.2 Å². The molecule has 0 spiro atoms. The largest absolute Gasteiger partial charge is 0.373 e. The standard InChI is InChI=1S/C37H47F3O/c1-3-5-7-9-11-13-27-15-24-35(41-26-27)31-21-22-32(34(38)25-31)28-16-18-29(19-17-28)33-23-20-30(36(39)37(33)40)14-12-10-8-6-4-2/h16-23,25,27,35H,3-15,24,26H2,1-2H3. The minimum absolute atomic E-state index is 0.0607. The van der Waals surface area contributed by atoms with Crippen LogP contribution in [-0.4, -0.2) is 6.61 Å². The van der Waals surface area contributed by atoms with E-state index in [9.17, 15) is 8.78 Å². The predicted octanol–water partition coefficient (Wildman–Crippen LogP) is 11.8. The number of aryl methyl sites for hydroxylation is 1. The number of unbranched alkanes of at least 4 members (excludes halogenated alkanes) is 8. The first kappa shape index (κ1) is 31.3. The minimum Gasteiger partial charge on any atom is -0.373 e. The van der Waals surface area contributed by atoms with Gasteiger partial charge in [0, 0.05) is 11.1 Å². The van der Waals surface area contributed by atoms with E-state index in [0.717, 1.165) is 50.7 Å². The number of hydrogen-bond donors (Lipinski definition) is 0. The molecule has 0 aliphatic carbocycles. The van der Waals surface area contributed by atoms with Crippen LogP contribution in [0.15, 0.2) is 54.6 Å². The van der Waals surface area contributed by atoms with E-state index in [-0.39, 0.29) is 17.5 Å². The molecule has 2 unspecified atom stereocenters. The molecule has 0 N–H and O–H groups in total. The van der Waals surface area contributed by atoms with Crippen molar-refractivity contribution in [1.82, 2.24) is 0 Å². The summed E-state index contributed by atoms with van der Waals surface area (Å²) in [6, 6.07) is 15.7. The van der Waals surface area contributed by atoms with Crippen molar-refractivity contribution in [2.75, 3.05) is 6.61 Å². The highest BCUT2D eigenvalue weighted by Crippen LogP contribution is 2.35. The van der Waals surface area contributed by atoms with Gasteiger partial charge < -0.3 is 4.74 Å². The molecule has 1 aliphatic heterocycles. The van der Waals surface area contributed by atoms with Crippen molar-refractivity contribution < 1.29 is 17.9 Å². The highest BCUT2D eigenvalue weighted by Gasteiger charge is 2.23. The van der Waals surface area contributed by atoms with Gasteiger partial charge in [0.05, 0.1) is 12.7 Å². The smallest absolute Gasteiger partial charge is 0.166 e. The Hall–Kier alpha value is -2.59. The monoisotopic (exact) mass is 564 g/mol. The third-order valence-electron chi connectivity index (χ3n) is 8.67. The van der Waals surface area contributed by atoms with Crippen LogP contribution in [-0.2, 0) is 11.2 Å². The van der Waals surface area contributed by atoms with E-state index < -0.39 is 11.6 Å².